The molecule has 3 rings (SSSR count). The summed E-state index contributed by atoms with van der Waals surface area (Å²) in [5.41, 5.74) is 1.30. The van der Waals surface area contributed by atoms with Gasteiger partial charge in [0.15, 0.2) is 5.76 Å². The normalized spacial score (nSPS) is 17.2. The summed E-state index contributed by atoms with van der Waals surface area (Å²) < 4.78 is 10.8. The van der Waals surface area contributed by atoms with Crippen molar-refractivity contribution in [2.75, 3.05) is 31.6 Å². The number of nitrogens with zero attached hydrogens (tertiary/aromatic N) is 2. The molecule has 0 fully saturated rings. The Morgan fingerprint density at radius 3 is 2.75 bits per heavy atom. The van der Waals surface area contributed by atoms with Crippen LogP contribution in [0.15, 0.2) is 47.1 Å². The van der Waals surface area contributed by atoms with Gasteiger partial charge in [-0.25, -0.2) is 4.79 Å². The Labute approximate surface area is 163 Å². The molecule has 1 aromatic heterocycles. The Kier molecular flexibility index (Phi) is 5.98. The lowest BCUT2D eigenvalue weighted by molar-refractivity contribution is -0.118. The van der Waals surface area contributed by atoms with Crippen LogP contribution in [0.25, 0.3) is 0 Å². The zero-order chi connectivity index (χ0) is 20.1. The van der Waals surface area contributed by atoms with E-state index in [1.165, 1.54) is 16.1 Å². The number of carbonyl (C=O) groups excluding carboxylic acids is 3. The summed E-state index contributed by atoms with van der Waals surface area (Å²) in [6, 6.07) is 10.4. The van der Waals surface area contributed by atoms with Crippen LogP contribution in [-0.4, -0.2) is 49.5 Å². The minimum atomic E-state index is -0.741. The topological polar surface area (TPSA) is 92.1 Å². The van der Waals surface area contributed by atoms with E-state index in [0.717, 1.165) is 0 Å². The van der Waals surface area contributed by atoms with Crippen LogP contribution < -0.4 is 10.2 Å². The molecule has 0 bridgehead atoms. The molecule has 0 saturated carbocycles. The zero-order valence-electron chi connectivity index (χ0n) is 15.9. The van der Waals surface area contributed by atoms with Crippen LogP contribution in [0.5, 0.6) is 0 Å². The maximum Gasteiger partial charge on any atom is 0.407 e. The van der Waals surface area contributed by atoms with Crippen LogP contribution in [0.4, 0.5) is 10.5 Å². The average Bonchev–Trinajstić information content (AvgIpc) is 3.24. The molecule has 8 nitrogen and oxygen atoms in total. The van der Waals surface area contributed by atoms with Gasteiger partial charge in [0.05, 0.1) is 18.5 Å². The fourth-order valence-electron chi connectivity index (χ4n) is 3.14. The van der Waals surface area contributed by atoms with Gasteiger partial charge in [0.25, 0.3) is 5.91 Å². The quantitative estimate of drug-likeness (QED) is 0.877. The van der Waals surface area contributed by atoms with Crippen molar-refractivity contribution in [1.29, 1.82) is 0 Å². The van der Waals surface area contributed by atoms with Crippen LogP contribution in [0.3, 0.4) is 0 Å². The second-order valence-electron chi connectivity index (χ2n) is 6.41. The first-order chi connectivity index (χ1) is 13.5. The lowest BCUT2D eigenvalue weighted by atomic mass is 10.1. The van der Waals surface area contributed by atoms with Gasteiger partial charge in [-0.15, -0.1) is 0 Å². The number of hydrogen-bond donors (Lipinski definition) is 1. The molecule has 28 heavy (non-hydrogen) atoms. The highest BCUT2D eigenvalue weighted by molar-refractivity contribution is 5.95. The molecule has 1 aromatic carbocycles. The molecular formula is C20H23N3O5. The third-order valence-electron chi connectivity index (χ3n) is 4.59. The maximum atomic E-state index is 12.8. The SMILES string of the molecule is CCNC(=O)OC1CN(C(=O)c2ccco2)CCC(=O)N(C)c2ccccc21. The molecule has 2 aromatic rings. The van der Waals surface area contributed by atoms with Crippen molar-refractivity contribution < 1.29 is 23.5 Å². The molecule has 0 radical (unpaired) electrons. The van der Waals surface area contributed by atoms with Gasteiger partial charge < -0.3 is 24.3 Å². The fourth-order valence-corrected chi connectivity index (χ4v) is 3.14. The molecule has 1 atom stereocenters. The van der Waals surface area contributed by atoms with Gasteiger partial charge in [0, 0.05) is 32.1 Å². The van der Waals surface area contributed by atoms with E-state index < -0.39 is 12.2 Å². The largest absolute Gasteiger partial charge is 0.459 e. The number of hydrogen-bond acceptors (Lipinski definition) is 5. The second-order valence-corrected chi connectivity index (χ2v) is 6.41. The van der Waals surface area contributed by atoms with Gasteiger partial charge in [-0.05, 0) is 25.1 Å². The lowest BCUT2D eigenvalue weighted by Gasteiger charge is -2.27. The highest BCUT2D eigenvalue weighted by Gasteiger charge is 2.31. The lowest BCUT2D eigenvalue weighted by Crippen LogP contribution is -2.38. The molecule has 3 amide bonds. The van der Waals surface area contributed by atoms with Gasteiger partial charge in [-0.3, -0.25) is 9.59 Å². The van der Waals surface area contributed by atoms with Crippen LogP contribution in [0, 0.1) is 0 Å². The molecule has 8 heteroatoms. The summed E-state index contributed by atoms with van der Waals surface area (Å²) >= 11 is 0. The summed E-state index contributed by atoms with van der Waals surface area (Å²) in [6.07, 6.45) is 0.238. The number of fused-ring (bicyclic) bond motifs is 1. The standard InChI is InChI=1S/C20H23N3O5/c1-3-21-20(26)28-17-13-23(19(25)16-9-6-12-27-16)11-10-18(24)22(2)15-8-5-4-7-14(15)17/h4-9,12,17H,3,10-11,13H2,1-2H3,(H,21,26). The molecule has 0 saturated heterocycles. The molecular weight excluding hydrogens is 362 g/mol. The average molecular weight is 385 g/mol. The summed E-state index contributed by atoms with van der Waals surface area (Å²) in [6.45, 7) is 2.50. The van der Waals surface area contributed by atoms with Crippen LogP contribution >= 0.6 is 0 Å². The van der Waals surface area contributed by atoms with E-state index in [9.17, 15) is 14.4 Å². The van der Waals surface area contributed by atoms with Crippen molar-refractivity contribution in [3.05, 3.63) is 54.0 Å². The Balaban J connectivity index is 1.99. The van der Waals surface area contributed by atoms with Crippen molar-refractivity contribution in [3.8, 4) is 0 Å². The Bertz CT molecular complexity index is 849. The first-order valence-corrected chi connectivity index (χ1v) is 9.14. The van der Waals surface area contributed by atoms with Gasteiger partial charge >= 0.3 is 6.09 Å². The number of amides is 3. The predicted molar refractivity (Wildman–Crippen MR) is 102 cm³/mol. The molecule has 0 aliphatic carbocycles. The number of alkyl carbamates (subject to hydrolysis) is 1. The number of benzene rings is 1. The van der Waals surface area contributed by atoms with E-state index in [1.807, 2.05) is 12.1 Å². The molecule has 1 unspecified atom stereocenters. The minimum Gasteiger partial charge on any atom is -0.459 e. The number of nitrogens with one attached hydrogen (secondary N) is 1. The van der Waals surface area contributed by atoms with E-state index in [2.05, 4.69) is 5.32 Å². The second kappa shape index (κ2) is 8.60. The van der Waals surface area contributed by atoms with Gasteiger partial charge in [0.2, 0.25) is 5.91 Å². The van der Waals surface area contributed by atoms with E-state index in [0.29, 0.717) is 17.8 Å². The number of furan rings is 1. The Morgan fingerprint density at radius 2 is 2.04 bits per heavy atom. The molecule has 148 valence electrons. The molecule has 1 aliphatic heterocycles. The van der Waals surface area contributed by atoms with Crippen molar-refractivity contribution in [2.45, 2.75) is 19.4 Å². The van der Waals surface area contributed by atoms with Crippen molar-refractivity contribution in [3.63, 3.8) is 0 Å². The molecule has 2 heterocycles. The molecule has 0 spiro atoms. The number of anilines is 1. The van der Waals surface area contributed by atoms with Crippen molar-refractivity contribution in [1.82, 2.24) is 10.2 Å². The predicted octanol–water partition coefficient (Wildman–Crippen LogP) is 2.58. The highest BCUT2D eigenvalue weighted by Crippen LogP contribution is 2.31. The van der Waals surface area contributed by atoms with E-state index >= 15 is 0 Å². The number of ether oxygens (including phenoxy) is 1. The fraction of sp³-hybridized carbons (Fsp3) is 0.350. The van der Waals surface area contributed by atoms with Crippen molar-refractivity contribution in [2.24, 2.45) is 0 Å². The van der Waals surface area contributed by atoms with E-state index in [-0.39, 0.29) is 37.1 Å². The summed E-state index contributed by atoms with van der Waals surface area (Å²) in [5.74, 6) is -0.321. The van der Waals surface area contributed by atoms with Gasteiger partial charge in [-0.2, -0.15) is 0 Å². The van der Waals surface area contributed by atoms with E-state index in [1.54, 1.807) is 38.2 Å². The first kappa shape index (κ1) is 19.5. The third-order valence-corrected chi connectivity index (χ3v) is 4.59. The molecule has 1 aliphatic rings. The van der Waals surface area contributed by atoms with E-state index in [4.69, 9.17) is 9.15 Å². The Hall–Kier alpha value is -3.29. The van der Waals surface area contributed by atoms with Gasteiger partial charge in [0.1, 0.15) is 6.10 Å². The van der Waals surface area contributed by atoms with Crippen molar-refractivity contribution >= 4 is 23.6 Å². The van der Waals surface area contributed by atoms with Crippen LogP contribution in [0.1, 0.15) is 35.6 Å². The number of para-hydroxylation sites is 1. The Morgan fingerprint density at radius 1 is 1.25 bits per heavy atom. The number of rotatable bonds is 3. The smallest absolute Gasteiger partial charge is 0.407 e. The molecule has 1 N–H and O–H groups in total. The summed E-state index contributed by atoms with van der Waals surface area (Å²) in [4.78, 5) is 40.6. The maximum absolute atomic E-state index is 12.8. The summed E-state index contributed by atoms with van der Waals surface area (Å²) in [7, 11) is 1.67. The third kappa shape index (κ3) is 4.16. The van der Waals surface area contributed by atoms with Crippen LogP contribution in [0.2, 0.25) is 0 Å². The minimum absolute atomic E-state index is 0.106. The summed E-state index contributed by atoms with van der Waals surface area (Å²) in [5, 5.41) is 2.60. The van der Waals surface area contributed by atoms with Crippen LogP contribution in [-0.2, 0) is 9.53 Å². The van der Waals surface area contributed by atoms with Gasteiger partial charge in [-0.1, -0.05) is 18.2 Å². The zero-order valence-corrected chi connectivity index (χ0v) is 15.9. The number of carbonyl (C=O) groups is 3. The highest BCUT2D eigenvalue weighted by atomic mass is 16.6. The first-order valence-electron chi connectivity index (χ1n) is 9.14. The monoisotopic (exact) mass is 385 g/mol.